The second kappa shape index (κ2) is 5.79. The molecular weight excluding hydrogens is 331 g/mol. The Bertz CT molecular complexity index is 751. The lowest BCUT2D eigenvalue weighted by Gasteiger charge is -2.19. The number of alkyl halides is 2. The van der Waals surface area contributed by atoms with E-state index in [2.05, 4.69) is 0 Å². The number of carbonyl (C=O) groups excluding carboxylic acids is 1. The zero-order chi connectivity index (χ0) is 15.7. The summed E-state index contributed by atoms with van der Waals surface area (Å²) < 4.78 is 22.4. The zero-order valence-corrected chi connectivity index (χ0v) is 13.4. The van der Waals surface area contributed by atoms with Gasteiger partial charge in [-0.15, -0.1) is 0 Å². The first-order valence-corrected chi connectivity index (χ1v) is 8.29. The van der Waals surface area contributed by atoms with Crippen molar-refractivity contribution in [1.29, 1.82) is 0 Å². The minimum absolute atomic E-state index is 0.0950. The standard InChI is InChI=1S/C15H12Cl2O3S/c1-11-7-9-13(10-8-11)21(19,20)15(16,17)14(18)12-5-3-2-4-6-12/h2-10H,1H3. The van der Waals surface area contributed by atoms with E-state index in [4.69, 9.17) is 23.2 Å². The van der Waals surface area contributed by atoms with Crippen molar-refractivity contribution in [1.82, 2.24) is 0 Å². The van der Waals surface area contributed by atoms with Crippen LogP contribution in [0, 0.1) is 6.92 Å². The van der Waals surface area contributed by atoms with Crippen molar-refractivity contribution in [3.63, 3.8) is 0 Å². The van der Waals surface area contributed by atoms with E-state index in [1.807, 2.05) is 6.92 Å². The first-order chi connectivity index (χ1) is 9.76. The van der Waals surface area contributed by atoms with Crippen LogP contribution in [0.25, 0.3) is 0 Å². The predicted molar refractivity (Wildman–Crippen MR) is 83.6 cm³/mol. The smallest absolute Gasteiger partial charge is 0.284 e. The van der Waals surface area contributed by atoms with Crippen LogP contribution in [0.4, 0.5) is 0 Å². The molecule has 0 bridgehead atoms. The molecule has 0 N–H and O–H groups in total. The van der Waals surface area contributed by atoms with E-state index in [9.17, 15) is 13.2 Å². The molecule has 0 radical (unpaired) electrons. The Kier molecular flexibility index (Phi) is 4.42. The molecule has 0 amide bonds. The van der Waals surface area contributed by atoms with Crippen LogP contribution in [0.3, 0.4) is 0 Å². The first kappa shape index (κ1) is 16.0. The van der Waals surface area contributed by atoms with Gasteiger partial charge in [0.25, 0.3) is 3.67 Å². The first-order valence-electron chi connectivity index (χ1n) is 6.06. The molecule has 3 nitrogen and oxygen atoms in total. The number of carbonyl (C=O) groups is 1. The molecule has 21 heavy (non-hydrogen) atoms. The summed E-state index contributed by atoms with van der Waals surface area (Å²) in [5.74, 6) is -0.869. The van der Waals surface area contributed by atoms with Gasteiger partial charge in [0.15, 0.2) is 0 Å². The SMILES string of the molecule is Cc1ccc(S(=O)(=O)C(Cl)(Cl)C(=O)c2ccccc2)cc1. The molecule has 0 atom stereocenters. The number of Topliss-reactive ketones (excluding diaryl/α,β-unsaturated/α-hetero) is 1. The Morgan fingerprint density at radius 2 is 1.48 bits per heavy atom. The number of hydrogen-bond donors (Lipinski definition) is 0. The van der Waals surface area contributed by atoms with E-state index >= 15 is 0 Å². The number of benzene rings is 2. The number of aryl methyl sites for hydroxylation is 1. The molecule has 0 saturated heterocycles. The van der Waals surface area contributed by atoms with Crippen LogP contribution in [0.1, 0.15) is 15.9 Å². The molecule has 0 aromatic heterocycles. The zero-order valence-electron chi connectivity index (χ0n) is 11.1. The van der Waals surface area contributed by atoms with Gasteiger partial charge in [-0.25, -0.2) is 8.42 Å². The van der Waals surface area contributed by atoms with Gasteiger partial charge in [0, 0.05) is 5.56 Å². The van der Waals surface area contributed by atoms with Gasteiger partial charge in [0.2, 0.25) is 15.6 Å². The van der Waals surface area contributed by atoms with Gasteiger partial charge >= 0.3 is 0 Å². The second-order valence-electron chi connectivity index (χ2n) is 4.53. The Morgan fingerprint density at radius 1 is 0.952 bits per heavy atom. The van der Waals surface area contributed by atoms with Crippen LogP contribution >= 0.6 is 23.2 Å². The Hall–Kier alpha value is -1.36. The van der Waals surface area contributed by atoms with E-state index in [0.29, 0.717) is 0 Å². The summed E-state index contributed by atoms with van der Waals surface area (Å²) in [5, 5.41) is 0. The van der Waals surface area contributed by atoms with Crippen molar-refractivity contribution in [3.05, 3.63) is 65.7 Å². The van der Waals surface area contributed by atoms with Crippen molar-refractivity contribution in [2.75, 3.05) is 0 Å². The average molecular weight is 343 g/mol. The normalized spacial score (nSPS) is 12.1. The van der Waals surface area contributed by atoms with E-state index in [0.717, 1.165) is 5.56 Å². The van der Waals surface area contributed by atoms with E-state index < -0.39 is 19.3 Å². The predicted octanol–water partition coefficient (Wildman–Crippen LogP) is 3.78. The maximum absolute atomic E-state index is 12.5. The summed E-state index contributed by atoms with van der Waals surface area (Å²) in [6, 6.07) is 13.8. The van der Waals surface area contributed by atoms with Crippen LogP contribution in [-0.2, 0) is 9.84 Å². The van der Waals surface area contributed by atoms with E-state index in [1.54, 1.807) is 30.3 Å². The average Bonchev–Trinajstić information content (AvgIpc) is 2.47. The number of rotatable bonds is 4. The fraction of sp³-hybridized carbons (Fsp3) is 0.133. The minimum Gasteiger partial charge on any atom is -0.290 e. The Balaban J connectivity index is 2.47. The lowest BCUT2D eigenvalue weighted by Crippen LogP contribution is -2.35. The topological polar surface area (TPSA) is 51.2 Å². The van der Waals surface area contributed by atoms with Gasteiger partial charge < -0.3 is 0 Å². The number of ketones is 1. The van der Waals surface area contributed by atoms with Crippen molar-refractivity contribution >= 4 is 38.8 Å². The molecule has 0 saturated carbocycles. The highest BCUT2D eigenvalue weighted by atomic mass is 35.5. The van der Waals surface area contributed by atoms with Gasteiger partial charge in [0.05, 0.1) is 4.90 Å². The second-order valence-corrected chi connectivity index (χ2v) is 8.39. The molecule has 2 aromatic carbocycles. The summed E-state index contributed by atoms with van der Waals surface area (Å²) >= 11 is 11.8. The van der Waals surface area contributed by atoms with E-state index in [1.165, 1.54) is 24.3 Å². The maximum Gasteiger partial charge on any atom is 0.284 e. The quantitative estimate of drug-likeness (QED) is 0.627. The summed E-state index contributed by atoms with van der Waals surface area (Å²) in [4.78, 5) is 12.2. The van der Waals surface area contributed by atoms with Gasteiger partial charge in [-0.3, -0.25) is 4.79 Å². The fourth-order valence-corrected chi connectivity index (χ4v) is 3.65. The number of hydrogen-bond acceptors (Lipinski definition) is 3. The van der Waals surface area contributed by atoms with Crippen molar-refractivity contribution < 1.29 is 13.2 Å². The third kappa shape index (κ3) is 2.98. The summed E-state index contributed by atoms with van der Waals surface area (Å²) in [7, 11) is -4.22. The van der Waals surface area contributed by atoms with Crippen LogP contribution in [-0.4, -0.2) is 17.9 Å². The van der Waals surface area contributed by atoms with Crippen LogP contribution in [0.15, 0.2) is 59.5 Å². The van der Waals surface area contributed by atoms with Crippen molar-refractivity contribution in [2.45, 2.75) is 15.5 Å². The number of halogens is 2. The Morgan fingerprint density at radius 3 is 2.00 bits per heavy atom. The van der Waals surface area contributed by atoms with Gasteiger partial charge in [0.1, 0.15) is 0 Å². The highest BCUT2D eigenvalue weighted by molar-refractivity contribution is 7.96. The molecule has 0 aliphatic heterocycles. The molecule has 0 spiro atoms. The van der Waals surface area contributed by atoms with Crippen molar-refractivity contribution in [3.8, 4) is 0 Å². The van der Waals surface area contributed by atoms with E-state index in [-0.39, 0.29) is 10.5 Å². The van der Waals surface area contributed by atoms with Gasteiger partial charge in [-0.2, -0.15) is 0 Å². The van der Waals surface area contributed by atoms with Crippen LogP contribution in [0.2, 0.25) is 0 Å². The van der Waals surface area contributed by atoms with Gasteiger partial charge in [-0.05, 0) is 19.1 Å². The fourth-order valence-electron chi connectivity index (χ4n) is 1.75. The highest BCUT2D eigenvalue weighted by Gasteiger charge is 2.48. The molecule has 110 valence electrons. The third-order valence-electron chi connectivity index (χ3n) is 2.97. The molecule has 0 aliphatic carbocycles. The molecule has 0 fully saturated rings. The third-order valence-corrected chi connectivity index (χ3v) is 6.28. The monoisotopic (exact) mass is 342 g/mol. The number of sulfone groups is 1. The van der Waals surface area contributed by atoms with Crippen LogP contribution in [0.5, 0.6) is 0 Å². The largest absolute Gasteiger partial charge is 0.290 e. The molecule has 2 rings (SSSR count). The summed E-state index contributed by atoms with van der Waals surface area (Å²) in [6.45, 7) is 1.82. The molecular formula is C15H12Cl2O3S. The lowest BCUT2D eigenvalue weighted by molar-refractivity contribution is 0.0996. The molecule has 6 heteroatoms. The summed E-state index contributed by atoms with van der Waals surface area (Å²) in [6.07, 6.45) is 0. The molecule has 2 aromatic rings. The molecule has 0 heterocycles. The molecule has 0 aliphatic rings. The lowest BCUT2D eigenvalue weighted by atomic mass is 10.1. The van der Waals surface area contributed by atoms with Gasteiger partial charge in [-0.1, -0.05) is 71.2 Å². The Labute approximate surface area is 133 Å². The van der Waals surface area contributed by atoms with Crippen LogP contribution < -0.4 is 0 Å². The highest BCUT2D eigenvalue weighted by Crippen LogP contribution is 2.37. The summed E-state index contributed by atoms with van der Waals surface area (Å²) in [5.41, 5.74) is 1.02. The minimum atomic E-state index is -4.22. The van der Waals surface area contributed by atoms with Crippen molar-refractivity contribution in [2.24, 2.45) is 0 Å². The molecule has 0 unspecified atom stereocenters. The maximum atomic E-state index is 12.5.